The average molecular weight is 685 g/mol. The summed E-state index contributed by atoms with van der Waals surface area (Å²) in [5.41, 5.74) is 4.91. The molecule has 214 valence electrons. The quantitative estimate of drug-likeness (QED) is 0.163. The van der Waals surface area contributed by atoms with Gasteiger partial charge in [0.2, 0.25) is 0 Å². The maximum Gasteiger partial charge on any atom is -0.0271 e. The molecule has 8 aromatic carbocycles. The molecule has 0 aliphatic heterocycles. The third-order valence-corrected chi connectivity index (χ3v) is 12.2. The van der Waals surface area contributed by atoms with Gasteiger partial charge in [0.05, 0.1) is 0 Å². The monoisotopic (exact) mass is 682 g/mol. The van der Waals surface area contributed by atoms with Crippen molar-refractivity contribution < 1.29 is 18.9 Å². The van der Waals surface area contributed by atoms with Crippen LogP contribution in [-0.4, -0.2) is 3.21 Å². The smallest absolute Gasteiger partial charge is 0.0271 e. The molecule has 0 aliphatic rings. The van der Waals surface area contributed by atoms with Crippen molar-refractivity contribution in [3.63, 3.8) is 0 Å². The van der Waals surface area contributed by atoms with E-state index in [0.29, 0.717) is 0 Å². The summed E-state index contributed by atoms with van der Waals surface area (Å²) in [5.74, 6) is 0. The summed E-state index contributed by atoms with van der Waals surface area (Å²) < 4.78 is 1.15. The van der Waals surface area contributed by atoms with Crippen LogP contribution in [0.3, 0.4) is 0 Å². The van der Waals surface area contributed by atoms with Gasteiger partial charge in [-0.15, -0.1) is 51.4 Å². The van der Waals surface area contributed by atoms with Gasteiger partial charge >= 0.3 is 111 Å². The number of hydrogen-bond acceptors (Lipinski definition) is 0. The first-order valence-corrected chi connectivity index (χ1v) is 22.1. The summed E-state index contributed by atoms with van der Waals surface area (Å²) in [6, 6.07) is 63.0. The third-order valence-electron chi connectivity index (χ3n) is 7.60. The van der Waals surface area contributed by atoms with Crippen LogP contribution in [0.1, 0.15) is 11.1 Å². The molecule has 0 aromatic heterocycles. The fraction of sp³-hybridized carbons (Fsp3) is 0. The molecule has 0 N–H and O–H groups in total. The minimum absolute atomic E-state index is 1.15. The molecule has 0 unspecified atom stereocenters. The zero-order valence-electron chi connectivity index (χ0n) is 24.1. The van der Waals surface area contributed by atoms with E-state index in [-0.39, 0.29) is 0 Å². The molecule has 0 aliphatic carbocycles. The summed E-state index contributed by atoms with van der Waals surface area (Å²) in [5, 5.41) is 8.02. The fourth-order valence-corrected chi connectivity index (χ4v) is 10.0. The number of benzene rings is 6. The maximum atomic E-state index is 6.24. The second kappa shape index (κ2) is 14.7. The topological polar surface area (TPSA) is 0 Å². The van der Waals surface area contributed by atoms with Crippen molar-refractivity contribution in [2.45, 2.75) is 0 Å². The molecule has 0 fully saturated rings. The largest absolute Gasteiger partial charge is 0.176 e. The molecule has 0 amide bonds. The van der Waals surface area contributed by atoms with E-state index in [1.54, 1.807) is 0 Å². The molecule has 3 heteroatoms. The van der Waals surface area contributed by atoms with E-state index in [1.807, 2.05) is 36.4 Å². The molecular weight excluding hydrogens is 655 g/mol. The maximum absolute atomic E-state index is 6.24. The van der Waals surface area contributed by atoms with Crippen LogP contribution < -0.4 is 0 Å². The van der Waals surface area contributed by atoms with Crippen LogP contribution >= 0.6 is 17.0 Å². The van der Waals surface area contributed by atoms with Gasteiger partial charge in [-0.1, -0.05) is 89.8 Å². The molecule has 0 radical (unpaired) electrons. The Labute approximate surface area is 273 Å². The third kappa shape index (κ3) is 7.09. The average Bonchev–Trinajstić information content (AvgIpc) is 3.75. The summed E-state index contributed by atoms with van der Waals surface area (Å²) in [6.07, 6.45) is 0. The van der Waals surface area contributed by atoms with Crippen LogP contribution in [0.25, 0.3) is 43.4 Å². The van der Waals surface area contributed by atoms with Gasteiger partial charge in [0.15, 0.2) is 0 Å². The van der Waals surface area contributed by atoms with Gasteiger partial charge in [-0.25, -0.2) is 0 Å². The number of fused-ring (bicyclic) bond motifs is 4. The minimum Gasteiger partial charge on any atom is -0.176 e. The molecule has 8 aromatic rings. The van der Waals surface area contributed by atoms with Gasteiger partial charge < -0.3 is 0 Å². The molecule has 0 heterocycles. The summed E-state index contributed by atoms with van der Waals surface area (Å²) in [6.45, 7) is 0. The molecular formula is C41H30Cl2Zr-2. The van der Waals surface area contributed by atoms with E-state index in [1.165, 1.54) is 43.4 Å². The Balaban J connectivity index is 0.000000117. The Morgan fingerprint density at radius 2 is 0.955 bits per heavy atom. The number of rotatable bonds is 3. The zero-order chi connectivity index (χ0) is 30.1. The normalized spacial score (nSPS) is 10.5. The van der Waals surface area contributed by atoms with Crippen molar-refractivity contribution in [1.29, 1.82) is 0 Å². The fourth-order valence-electron chi connectivity index (χ4n) is 5.53. The predicted molar refractivity (Wildman–Crippen MR) is 190 cm³/mol. The van der Waals surface area contributed by atoms with E-state index in [9.17, 15) is 0 Å². The van der Waals surface area contributed by atoms with E-state index in [4.69, 9.17) is 17.0 Å². The van der Waals surface area contributed by atoms with Crippen molar-refractivity contribution >= 4 is 52.5 Å². The first kappa shape index (κ1) is 30.2. The minimum atomic E-state index is -2.44. The second-order valence-corrected chi connectivity index (χ2v) is 18.5. The van der Waals surface area contributed by atoms with Crippen molar-refractivity contribution in [2.24, 2.45) is 0 Å². The molecule has 0 bridgehead atoms. The van der Waals surface area contributed by atoms with Gasteiger partial charge in [0.25, 0.3) is 0 Å². The van der Waals surface area contributed by atoms with E-state index in [0.717, 1.165) is 14.3 Å². The van der Waals surface area contributed by atoms with Crippen molar-refractivity contribution in [3.8, 4) is 11.1 Å². The van der Waals surface area contributed by atoms with Crippen LogP contribution in [0.15, 0.2) is 182 Å². The van der Waals surface area contributed by atoms with Crippen molar-refractivity contribution in [3.05, 3.63) is 193 Å². The second-order valence-electron chi connectivity index (χ2n) is 10.4. The summed E-state index contributed by atoms with van der Waals surface area (Å²) in [7, 11) is 12.5. The van der Waals surface area contributed by atoms with Crippen LogP contribution in [0.5, 0.6) is 0 Å². The van der Waals surface area contributed by atoms with Crippen molar-refractivity contribution in [2.75, 3.05) is 0 Å². The summed E-state index contributed by atoms with van der Waals surface area (Å²) in [4.78, 5) is 0. The van der Waals surface area contributed by atoms with Gasteiger partial charge in [-0.2, -0.15) is 18.2 Å². The van der Waals surface area contributed by atoms with E-state index >= 15 is 0 Å². The van der Waals surface area contributed by atoms with Gasteiger partial charge in [0, 0.05) is 0 Å². The van der Waals surface area contributed by atoms with E-state index in [2.05, 4.69) is 146 Å². The molecule has 0 spiro atoms. The van der Waals surface area contributed by atoms with Crippen LogP contribution in [0, 0.1) is 0 Å². The first-order chi connectivity index (χ1) is 21.7. The van der Waals surface area contributed by atoms with Crippen molar-refractivity contribution in [1.82, 2.24) is 0 Å². The Morgan fingerprint density at radius 3 is 1.50 bits per heavy atom. The Kier molecular flexibility index (Phi) is 10.1. The molecule has 0 saturated carbocycles. The first-order valence-electron chi connectivity index (χ1n) is 14.6. The van der Waals surface area contributed by atoms with Gasteiger partial charge in [-0.3, -0.25) is 0 Å². The summed E-state index contributed by atoms with van der Waals surface area (Å²) >= 11 is -2.44. The standard InChI is InChI=1S/C15H11.C13H9.C13H10.2ClH.Zr/c1-2-7-12(6-1)15-11-5-9-13-8-3-4-10-14(13)15;1-3-7-12-10(5-1)9-11-6-2-4-8-13(11)12;1-3-7-12(8-4-1)11-13-9-5-2-6-10-13;;;/h1-11H;1-9H;1-10H;2*1H;/q2*-1;;;;+2/p-2. The molecule has 0 nitrogen and oxygen atoms in total. The van der Waals surface area contributed by atoms with Crippen LogP contribution in [0.4, 0.5) is 0 Å². The van der Waals surface area contributed by atoms with Gasteiger partial charge in [-0.05, 0) is 5.39 Å². The van der Waals surface area contributed by atoms with Crippen LogP contribution in [0.2, 0.25) is 0 Å². The Bertz CT molecular complexity index is 2020. The Hall–Kier alpha value is -3.87. The Morgan fingerprint density at radius 1 is 0.455 bits per heavy atom. The number of halogens is 2. The SMILES string of the molecule is [Cl][Zr]([Cl])=[C](c1ccccc1)c1ccccc1.c1c[cH-]c(-c2cccc3ccccc23)c1.c1ccc2c(c1)[cH-]c1ccccc12. The van der Waals surface area contributed by atoms with Crippen LogP contribution in [-0.2, 0) is 18.9 Å². The van der Waals surface area contributed by atoms with Gasteiger partial charge in [0.1, 0.15) is 0 Å². The zero-order valence-corrected chi connectivity index (χ0v) is 28.0. The molecule has 8 rings (SSSR count). The molecule has 0 saturated heterocycles. The number of hydrogen-bond donors (Lipinski definition) is 0. The molecule has 0 atom stereocenters. The van der Waals surface area contributed by atoms with E-state index < -0.39 is 18.9 Å². The molecule has 44 heavy (non-hydrogen) atoms. The predicted octanol–water partition coefficient (Wildman–Crippen LogP) is 12.1.